The number of nitrogens with one attached hydrogen (secondary N) is 1. The highest BCUT2D eigenvalue weighted by Gasteiger charge is 2.11. The molecule has 1 amide bonds. The van der Waals surface area contributed by atoms with Crippen molar-refractivity contribution in [1.29, 1.82) is 0 Å². The summed E-state index contributed by atoms with van der Waals surface area (Å²) in [5.41, 5.74) is 4.89. The number of nitrogens with zero attached hydrogens (tertiary/aromatic N) is 1. The number of ether oxygens (including phenoxy) is 1. The molecule has 0 saturated heterocycles. The molecule has 0 unspecified atom stereocenters. The molecular formula is C21H17BrN2O2. The number of carbonyl (C=O) groups excluding carboxylic acids is 1. The van der Waals surface area contributed by atoms with Crippen molar-refractivity contribution in [3.8, 4) is 5.75 Å². The lowest BCUT2D eigenvalue weighted by Gasteiger charge is -2.10. The zero-order chi connectivity index (χ0) is 18.2. The maximum atomic E-state index is 12.4. The van der Waals surface area contributed by atoms with E-state index in [0.29, 0.717) is 17.9 Å². The molecule has 3 rings (SSSR count). The molecule has 0 spiro atoms. The molecule has 0 atom stereocenters. The third-order valence-corrected chi connectivity index (χ3v) is 4.37. The fraction of sp³-hybridized carbons (Fsp3) is 0.0476. The molecule has 26 heavy (non-hydrogen) atoms. The van der Waals surface area contributed by atoms with Crippen LogP contribution in [0.25, 0.3) is 0 Å². The lowest BCUT2D eigenvalue weighted by molar-refractivity contribution is 0.0950. The number of carbonyl (C=O) groups is 1. The van der Waals surface area contributed by atoms with Crippen LogP contribution in [-0.2, 0) is 6.61 Å². The highest BCUT2D eigenvalue weighted by molar-refractivity contribution is 9.10. The van der Waals surface area contributed by atoms with Crippen LogP contribution in [0, 0.1) is 0 Å². The summed E-state index contributed by atoms with van der Waals surface area (Å²) < 4.78 is 6.71. The van der Waals surface area contributed by atoms with Gasteiger partial charge in [0.2, 0.25) is 0 Å². The van der Waals surface area contributed by atoms with Crippen molar-refractivity contribution in [2.45, 2.75) is 6.61 Å². The molecule has 0 heterocycles. The molecule has 0 radical (unpaired) electrons. The lowest BCUT2D eigenvalue weighted by Crippen LogP contribution is -2.18. The number of halogens is 1. The van der Waals surface area contributed by atoms with Gasteiger partial charge in [0.05, 0.1) is 11.8 Å². The van der Waals surface area contributed by atoms with Gasteiger partial charge in [0.1, 0.15) is 12.4 Å². The molecule has 0 bridgehead atoms. The molecule has 1 N–H and O–H groups in total. The van der Waals surface area contributed by atoms with Gasteiger partial charge in [0.25, 0.3) is 5.91 Å². The molecule has 0 aliphatic rings. The number of hydrazone groups is 1. The molecule has 5 heteroatoms. The molecule has 130 valence electrons. The molecule has 0 saturated carbocycles. The second kappa shape index (κ2) is 8.97. The number of hydrogen-bond acceptors (Lipinski definition) is 3. The lowest BCUT2D eigenvalue weighted by atomic mass is 10.2. The smallest absolute Gasteiger partial charge is 0.275 e. The number of rotatable bonds is 6. The second-order valence-corrected chi connectivity index (χ2v) is 6.35. The van der Waals surface area contributed by atoms with E-state index in [-0.39, 0.29) is 5.91 Å². The zero-order valence-electron chi connectivity index (χ0n) is 13.9. The average Bonchev–Trinajstić information content (AvgIpc) is 2.69. The Balaban J connectivity index is 1.67. The first-order valence-electron chi connectivity index (χ1n) is 8.08. The van der Waals surface area contributed by atoms with E-state index in [2.05, 4.69) is 26.5 Å². The number of hydrogen-bond donors (Lipinski definition) is 1. The molecular weight excluding hydrogens is 392 g/mol. The third kappa shape index (κ3) is 4.80. The molecule has 0 aliphatic heterocycles. The van der Waals surface area contributed by atoms with Gasteiger partial charge in [-0.15, -0.1) is 0 Å². The van der Waals surface area contributed by atoms with Gasteiger partial charge < -0.3 is 4.74 Å². The van der Waals surface area contributed by atoms with Gasteiger partial charge in [-0.1, -0.05) is 76.6 Å². The summed E-state index contributed by atoms with van der Waals surface area (Å²) >= 11 is 3.44. The molecule has 3 aromatic rings. The summed E-state index contributed by atoms with van der Waals surface area (Å²) in [5, 5.41) is 4.03. The van der Waals surface area contributed by atoms with Crippen molar-refractivity contribution in [3.05, 3.63) is 100 Å². The Bertz CT molecular complexity index is 911. The van der Waals surface area contributed by atoms with Gasteiger partial charge in [-0.05, 0) is 23.8 Å². The fourth-order valence-corrected chi connectivity index (χ4v) is 2.70. The largest absolute Gasteiger partial charge is 0.488 e. The zero-order valence-corrected chi connectivity index (χ0v) is 15.5. The van der Waals surface area contributed by atoms with E-state index in [0.717, 1.165) is 15.6 Å². The van der Waals surface area contributed by atoms with Crippen LogP contribution in [-0.4, -0.2) is 12.1 Å². The minimum Gasteiger partial charge on any atom is -0.488 e. The summed E-state index contributed by atoms with van der Waals surface area (Å²) in [6.45, 7) is 0.394. The Hall–Kier alpha value is -2.92. The first-order valence-corrected chi connectivity index (χ1v) is 8.87. The summed E-state index contributed by atoms with van der Waals surface area (Å²) in [7, 11) is 0. The van der Waals surface area contributed by atoms with E-state index in [1.54, 1.807) is 24.4 Å². The van der Waals surface area contributed by atoms with Crippen LogP contribution >= 0.6 is 15.9 Å². The van der Waals surface area contributed by atoms with E-state index in [1.165, 1.54) is 0 Å². The van der Waals surface area contributed by atoms with Crippen LogP contribution in [0.2, 0.25) is 0 Å². The normalized spacial score (nSPS) is 10.7. The first kappa shape index (κ1) is 17.9. The highest BCUT2D eigenvalue weighted by Crippen LogP contribution is 2.19. The monoisotopic (exact) mass is 408 g/mol. The average molecular weight is 409 g/mol. The minimum atomic E-state index is -0.322. The number of amides is 1. The van der Waals surface area contributed by atoms with Crippen LogP contribution in [0.3, 0.4) is 0 Å². The van der Waals surface area contributed by atoms with E-state index in [1.807, 2.05) is 60.7 Å². The van der Waals surface area contributed by atoms with Crippen molar-refractivity contribution in [2.24, 2.45) is 5.10 Å². The van der Waals surface area contributed by atoms with Gasteiger partial charge in [-0.25, -0.2) is 5.43 Å². The first-order chi connectivity index (χ1) is 12.7. The SMILES string of the molecule is O=C(N/N=C/c1ccccc1Br)c1ccccc1OCc1ccccc1. The van der Waals surface area contributed by atoms with Crippen molar-refractivity contribution in [2.75, 3.05) is 0 Å². The summed E-state index contributed by atoms with van der Waals surface area (Å²) in [5.74, 6) is 0.196. The van der Waals surface area contributed by atoms with E-state index < -0.39 is 0 Å². The van der Waals surface area contributed by atoms with Crippen molar-refractivity contribution in [1.82, 2.24) is 5.43 Å². The van der Waals surface area contributed by atoms with Crippen LogP contribution in [0.1, 0.15) is 21.5 Å². The predicted octanol–water partition coefficient (Wildman–Crippen LogP) is 4.79. The Labute approximate surface area is 160 Å². The van der Waals surface area contributed by atoms with Crippen molar-refractivity contribution >= 4 is 28.1 Å². The van der Waals surface area contributed by atoms with Gasteiger partial charge in [0.15, 0.2) is 0 Å². The van der Waals surface area contributed by atoms with Gasteiger partial charge in [0, 0.05) is 10.0 Å². The van der Waals surface area contributed by atoms with Crippen LogP contribution in [0.15, 0.2) is 88.4 Å². The van der Waals surface area contributed by atoms with E-state index >= 15 is 0 Å². The maximum absolute atomic E-state index is 12.4. The van der Waals surface area contributed by atoms with E-state index in [4.69, 9.17) is 4.74 Å². The van der Waals surface area contributed by atoms with E-state index in [9.17, 15) is 4.79 Å². The molecule has 0 aliphatic carbocycles. The quantitative estimate of drug-likeness (QED) is 0.470. The molecule has 0 aromatic heterocycles. The van der Waals surface area contributed by atoms with Crippen LogP contribution in [0.5, 0.6) is 5.75 Å². The summed E-state index contributed by atoms with van der Waals surface area (Å²) in [6.07, 6.45) is 1.59. The van der Waals surface area contributed by atoms with Crippen molar-refractivity contribution < 1.29 is 9.53 Å². The van der Waals surface area contributed by atoms with Crippen LogP contribution < -0.4 is 10.2 Å². The Morgan fingerprint density at radius 2 is 1.65 bits per heavy atom. The third-order valence-electron chi connectivity index (χ3n) is 3.64. The topological polar surface area (TPSA) is 50.7 Å². The van der Waals surface area contributed by atoms with Gasteiger partial charge in [-0.2, -0.15) is 5.10 Å². The molecule has 4 nitrogen and oxygen atoms in total. The minimum absolute atomic E-state index is 0.322. The standard InChI is InChI=1S/C21H17BrN2O2/c22-19-12-6-4-10-17(19)14-23-24-21(25)18-11-5-7-13-20(18)26-15-16-8-2-1-3-9-16/h1-14H,15H2,(H,24,25)/b23-14+. The maximum Gasteiger partial charge on any atom is 0.275 e. The number of benzene rings is 3. The molecule has 0 fully saturated rings. The Morgan fingerprint density at radius 3 is 2.46 bits per heavy atom. The summed E-state index contributed by atoms with van der Waals surface area (Å²) in [4.78, 5) is 12.4. The Kier molecular flexibility index (Phi) is 6.17. The predicted molar refractivity (Wildman–Crippen MR) is 106 cm³/mol. The summed E-state index contributed by atoms with van der Waals surface area (Å²) in [6, 6.07) is 24.6. The number of para-hydroxylation sites is 1. The van der Waals surface area contributed by atoms with Crippen LogP contribution in [0.4, 0.5) is 0 Å². The highest BCUT2D eigenvalue weighted by atomic mass is 79.9. The Morgan fingerprint density at radius 1 is 0.962 bits per heavy atom. The fourth-order valence-electron chi connectivity index (χ4n) is 2.32. The van der Waals surface area contributed by atoms with Gasteiger partial charge in [-0.3, -0.25) is 4.79 Å². The van der Waals surface area contributed by atoms with Crippen molar-refractivity contribution in [3.63, 3.8) is 0 Å². The van der Waals surface area contributed by atoms with Gasteiger partial charge >= 0.3 is 0 Å². The second-order valence-electron chi connectivity index (χ2n) is 5.49. The molecule has 3 aromatic carbocycles.